The van der Waals surface area contributed by atoms with Crippen LogP contribution in [0.25, 0.3) is 0 Å². The molecule has 1 N–H and O–H groups in total. The van der Waals surface area contributed by atoms with Crippen molar-refractivity contribution in [3.63, 3.8) is 0 Å². The highest BCUT2D eigenvalue weighted by Gasteiger charge is 2.56. The van der Waals surface area contributed by atoms with E-state index in [0.717, 1.165) is 17.9 Å². The van der Waals surface area contributed by atoms with Crippen LogP contribution in [-0.2, 0) is 4.79 Å². The third-order valence-electron chi connectivity index (χ3n) is 2.43. The molecule has 0 unspecified atom stereocenters. The van der Waals surface area contributed by atoms with E-state index < -0.39 is 4.33 Å². The van der Waals surface area contributed by atoms with Crippen LogP contribution in [0.4, 0.5) is 0 Å². The molecule has 0 aromatic carbocycles. The SMILES string of the molecule is CCSCC[C@@H](C)NC(=O)[C@@H]1CC1(Cl)Cl. The number of thioether (sulfide) groups is 1. The Hall–Kier alpha value is 0.400. The summed E-state index contributed by atoms with van der Waals surface area (Å²) < 4.78 is -0.804. The highest BCUT2D eigenvalue weighted by molar-refractivity contribution is 7.99. The summed E-state index contributed by atoms with van der Waals surface area (Å²) in [7, 11) is 0. The van der Waals surface area contributed by atoms with E-state index in [1.165, 1.54) is 0 Å². The average Bonchev–Trinajstić information content (AvgIpc) is 2.76. The first-order chi connectivity index (χ1) is 6.97. The van der Waals surface area contributed by atoms with Gasteiger partial charge in [-0.2, -0.15) is 11.8 Å². The van der Waals surface area contributed by atoms with Gasteiger partial charge in [-0.15, -0.1) is 23.2 Å². The molecule has 1 aliphatic rings. The fourth-order valence-electron chi connectivity index (χ4n) is 1.32. The van der Waals surface area contributed by atoms with Crippen molar-refractivity contribution in [3.05, 3.63) is 0 Å². The zero-order chi connectivity index (χ0) is 11.5. The molecule has 15 heavy (non-hydrogen) atoms. The Morgan fingerprint density at radius 1 is 1.67 bits per heavy atom. The van der Waals surface area contributed by atoms with Crippen LogP contribution >= 0.6 is 35.0 Å². The van der Waals surface area contributed by atoms with Crippen LogP contribution in [-0.4, -0.2) is 27.8 Å². The van der Waals surface area contributed by atoms with Crippen molar-refractivity contribution in [3.8, 4) is 0 Å². The second-order valence-electron chi connectivity index (χ2n) is 3.91. The van der Waals surface area contributed by atoms with Crippen LogP contribution < -0.4 is 5.32 Å². The molecule has 0 spiro atoms. The van der Waals surface area contributed by atoms with Crippen molar-refractivity contribution < 1.29 is 4.79 Å². The molecule has 0 bridgehead atoms. The molecule has 1 fully saturated rings. The van der Waals surface area contributed by atoms with Gasteiger partial charge in [0.2, 0.25) is 5.91 Å². The fraction of sp³-hybridized carbons (Fsp3) is 0.900. The van der Waals surface area contributed by atoms with E-state index in [4.69, 9.17) is 23.2 Å². The van der Waals surface area contributed by atoms with Gasteiger partial charge in [0.25, 0.3) is 0 Å². The number of carbonyl (C=O) groups excluding carboxylic acids is 1. The molecule has 2 atom stereocenters. The lowest BCUT2D eigenvalue weighted by Gasteiger charge is -2.13. The molecular weight excluding hydrogens is 253 g/mol. The first kappa shape index (κ1) is 13.5. The van der Waals surface area contributed by atoms with Crippen LogP contribution in [0.2, 0.25) is 0 Å². The first-order valence-electron chi connectivity index (χ1n) is 5.23. The van der Waals surface area contributed by atoms with Crippen molar-refractivity contribution in [2.24, 2.45) is 5.92 Å². The number of rotatable bonds is 6. The molecule has 0 aliphatic heterocycles. The van der Waals surface area contributed by atoms with Crippen molar-refractivity contribution in [2.45, 2.75) is 37.1 Å². The summed E-state index contributed by atoms with van der Waals surface area (Å²) in [5.74, 6) is 1.99. The van der Waals surface area contributed by atoms with Gasteiger partial charge < -0.3 is 5.32 Å². The number of hydrogen-bond donors (Lipinski definition) is 1. The van der Waals surface area contributed by atoms with Gasteiger partial charge >= 0.3 is 0 Å². The zero-order valence-electron chi connectivity index (χ0n) is 9.06. The third-order valence-corrected chi connectivity index (χ3v) is 4.20. The summed E-state index contributed by atoms with van der Waals surface area (Å²) in [6.07, 6.45) is 1.58. The van der Waals surface area contributed by atoms with Crippen LogP contribution in [0.15, 0.2) is 0 Å². The lowest BCUT2D eigenvalue weighted by molar-refractivity contribution is -0.122. The van der Waals surface area contributed by atoms with Crippen LogP contribution in [0.3, 0.4) is 0 Å². The monoisotopic (exact) mass is 269 g/mol. The van der Waals surface area contributed by atoms with E-state index in [1.54, 1.807) is 0 Å². The van der Waals surface area contributed by atoms with E-state index in [1.807, 2.05) is 18.7 Å². The van der Waals surface area contributed by atoms with Gasteiger partial charge in [-0.25, -0.2) is 0 Å². The van der Waals surface area contributed by atoms with Gasteiger partial charge in [0.15, 0.2) is 0 Å². The molecule has 5 heteroatoms. The minimum Gasteiger partial charge on any atom is -0.353 e. The maximum Gasteiger partial charge on any atom is 0.226 e. The van der Waals surface area contributed by atoms with Crippen molar-refractivity contribution in [2.75, 3.05) is 11.5 Å². The highest BCUT2D eigenvalue weighted by atomic mass is 35.5. The lowest BCUT2D eigenvalue weighted by atomic mass is 10.2. The van der Waals surface area contributed by atoms with Gasteiger partial charge in [0.05, 0.1) is 5.92 Å². The van der Waals surface area contributed by atoms with E-state index >= 15 is 0 Å². The Balaban J connectivity index is 2.15. The largest absolute Gasteiger partial charge is 0.353 e. The number of nitrogens with one attached hydrogen (secondary N) is 1. The predicted molar refractivity (Wildman–Crippen MR) is 67.8 cm³/mol. The van der Waals surface area contributed by atoms with Crippen LogP contribution in [0.5, 0.6) is 0 Å². The van der Waals surface area contributed by atoms with Gasteiger partial charge in [-0.3, -0.25) is 4.79 Å². The summed E-state index contributed by atoms with van der Waals surface area (Å²) in [6, 6.07) is 0.210. The molecule has 1 amide bonds. The van der Waals surface area contributed by atoms with E-state index in [0.29, 0.717) is 6.42 Å². The third kappa shape index (κ3) is 4.41. The molecule has 0 aromatic heterocycles. The number of amides is 1. The second-order valence-corrected chi connectivity index (χ2v) is 6.85. The topological polar surface area (TPSA) is 29.1 Å². The summed E-state index contributed by atoms with van der Waals surface area (Å²) in [4.78, 5) is 11.6. The maximum atomic E-state index is 11.6. The molecule has 0 heterocycles. The molecule has 0 radical (unpaired) electrons. The van der Waals surface area contributed by atoms with E-state index in [9.17, 15) is 4.79 Å². The minimum atomic E-state index is -0.804. The summed E-state index contributed by atoms with van der Waals surface area (Å²) in [5, 5.41) is 2.94. The Kier molecular flexibility index (Phi) is 5.07. The quantitative estimate of drug-likeness (QED) is 0.594. The van der Waals surface area contributed by atoms with Gasteiger partial charge in [0.1, 0.15) is 4.33 Å². The molecule has 1 rings (SSSR count). The first-order valence-corrected chi connectivity index (χ1v) is 7.14. The molecule has 1 saturated carbocycles. The molecule has 0 saturated heterocycles. The van der Waals surface area contributed by atoms with Crippen molar-refractivity contribution >= 4 is 40.9 Å². The normalized spacial score (nSPS) is 24.7. The second kappa shape index (κ2) is 5.65. The Labute approximate surface area is 105 Å². The predicted octanol–water partition coefficient (Wildman–Crippen LogP) is 2.83. The Morgan fingerprint density at radius 3 is 2.73 bits per heavy atom. The number of carbonyl (C=O) groups is 1. The fourth-order valence-corrected chi connectivity index (χ4v) is 2.63. The Bertz CT molecular complexity index is 235. The van der Waals surface area contributed by atoms with E-state index in [-0.39, 0.29) is 17.9 Å². The molecular formula is C10H17Cl2NOS. The average molecular weight is 270 g/mol. The highest BCUT2D eigenvalue weighted by Crippen LogP contribution is 2.53. The molecule has 2 nitrogen and oxygen atoms in total. The number of hydrogen-bond acceptors (Lipinski definition) is 2. The van der Waals surface area contributed by atoms with Crippen molar-refractivity contribution in [1.29, 1.82) is 0 Å². The Morgan fingerprint density at radius 2 is 2.27 bits per heavy atom. The molecule has 88 valence electrons. The summed E-state index contributed by atoms with van der Waals surface area (Å²) in [5.41, 5.74) is 0. The van der Waals surface area contributed by atoms with Gasteiger partial charge in [-0.05, 0) is 31.3 Å². The number of alkyl halides is 2. The number of halogens is 2. The van der Waals surface area contributed by atoms with Gasteiger partial charge in [-0.1, -0.05) is 6.92 Å². The van der Waals surface area contributed by atoms with Gasteiger partial charge in [0, 0.05) is 6.04 Å². The summed E-state index contributed by atoms with van der Waals surface area (Å²) >= 11 is 13.5. The lowest BCUT2D eigenvalue weighted by Crippen LogP contribution is -2.35. The standard InChI is InChI=1S/C10H17Cl2NOS/c1-3-15-5-4-7(2)13-9(14)8-6-10(8,11)12/h7-8H,3-6H2,1-2H3,(H,13,14)/t7-,8+/m1/s1. The smallest absolute Gasteiger partial charge is 0.226 e. The van der Waals surface area contributed by atoms with Crippen molar-refractivity contribution in [1.82, 2.24) is 5.32 Å². The van der Waals surface area contributed by atoms with Crippen LogP contribution in [0, 0.1) is 5.92 Å². The maximum absolute atomic E-state index is 11.6. The molecule has 0 aromatic rings. The van der Waals surface area contributed by atoms with E-state index in [2.05, 4.69) is 12.2 Å². The summed E-state index contributed by atoms with van der Waals surface area (Å²) in [6.45, 7) is 4.15. The van der Waals surface area contributed by atoms with Crippen LogP contribution in [0.1, 0.15) is 26.7 Å². The minimum absolute atomic E-state index is 0.00556. The zero-order valence-corrected chi connectivity index (χ0v) is 11.4. The molecule has 1 aliphatic carbocycles.